The quantitative estimate of drug-likeness (QED) is 0.776. The summed E-state index contributed by atoms with van der Waals surface area (Å²) >= 11 is 0. The maximum atomic E-state index is 13.5. The van der Waals surface area contributed by atoms with Gasteiger partial charge in [-0.3, -0.25) is 9.78 Å². The molecule has 5 heteroatoms. The SMILES string of the molecule is O=c1[nH]c(C=Cc2ccccc2F)nc2cnccc12. The van der Waals surface area contributed by atoms with E-state index in [2.05, 4.69) is 15.0 Å². The average molecular weight is 267 g/mol. The number of H-pyrrole nitrogens is 1. The lowest BCUT2D eigenvalue weighted by Crippen LogP contribution is -2.09. The van der Waals surface area contributed by atoms with E-state index in [4.69, 9.17) is 0 Å². The van der Waals surface area contributed by atoms with Crippen LogP contribution in [0.2, 0.25) is 0 Å². The van der Waals surface area contributed by atoms with Gasteiger partial charge in [0.1, 0.15) is 11.6 Å². The maximum absolute atomic E-state index is 13.5. The van der Waals surface area contributed by atoms with Gasteiger partial charge in [0.05, 0.1) is 17.1 Å². The van der Waals surface area contributed by atoms with Crippen LogP contribution in [0.25, 0.3) is 23.1 Å². The summed E-state index contributed by atoms with van der Waals surface area (Å²) in [6.07, 6.45) is 6.18. The van der Waals surface area contributed by atoms with E-state index in [0.29, 0.717) is 22.3 Å². The highest BCUT2D eigenvalue weighted by Gasteiger charge is 2.01. The van der Waals surface area contributed by atoms with Gasteiger partial charge in [0.2, 0.25) is 0 Å². The number of hydrogen-bond acceptors (Lipinski definition) is 3. The highest BCUT2D eigenvalue weighted by Crippen LogP contribution is 2.10. The van der Waals surface area contributed by atoms with Gasteiger partial charge in [0.15, 0.2) is 0 Å². The second-order valence-electron chi connectivity index (χ2n) is 4.20. The van der Waals surface area contributed by atoms with Crippen LogP contribution >= 0.6 is 0 Å². The number of halogens is 1. The molecule has 0 amide bonds. The number of rotatable bonds is 2. The minimum atomic E-state index is -0.325. The van der Waals surface area contributed by atoms with E-state index in [-0.39, 0.29) is 11.4 Å². The summed E-state index contributed by atoms with van der Waals surface area (Å²) in [4.78, 5) is 22.7. The Morgan fingerprint density at radius 2 is 2.00 bits per heavy atom. The van der Waals surface area contributed by atoms with Gasteiger partial charge in [-0.15, -0.1) is 0 Å². The van der Waals surface area contributed by atoms with Crippen LogP contribution in [0.4, 0.5) is 4.39 Å². The molecule has 0 aliphatic rings. The first-order valence-electron chi connectivity index (χ1n) is 6.01. The third kappa shape index (κ3) is 2.33. The molecular formula is C15H10FN3O. The standard InChI is InChI=1S/C15H10FN3O/c16-12-4-2-1-3-10(12)5-6-14-18-13-9-17-8-7-11(13)15(20)19-14/h1-9H,(H,18,19,20). The predicted molar refractivity (Wildman–Crippen MR) is 75.5 cm³/mol. The summed E-state index contributed by atoms with van der Waals surface area (Å²) < 4.78 is 13.5. The first kappa shape index (κ1) is 12.2. The molecule has 3 rings (SSSR count). The number of aromatic amines is 1. The number of hydrogen-bond donors (Lipinski definition) is 1. The molecule has 0 saturated heterocycles. The number of nitrogens with zero attached hydrogens (tertiary/aromatic N) is 2. The number of fused-ring (bicyclic) bond motifs is 1. The summed E-state index contributed by atoms with van der Waals surface area (Å²) in [5, 5.41) is 0.475. The van der Waals surface area contributed by atoms with Crippen LogP contribution in [0.5, 0.6) is 0 Å². The van der Waals surface area contributed by atoms with E-state index in [0.717, 1.165) is 0 Å². The second kappa shape index (κ2) is 5.05. The van der Waals surface area contributed by atoms with Crippen molar-refractivity contribution in [2.75, 3.05) is 0 Å². The molecule has 0 atom stereocenters. The number of benzene rings is 1. The van der Waals surface area contributed by atoms with E-state index >= 15 is 0 Å². The molecule has 20 heavy (non-hydrogen) atoms. The Kier molecular flexibility index (Phi) is 3.09. The van der Waals surface area contributed by atoms with Crippen LogP contribution in [-0.2, 0) is 0 Å². The molecule has 0 saturated carbocycles. The van der Waals surface area contributed by atoms with Crippen LogP contribution < -0.4 is 5.56 Å². The van der Waals surface area contributed by atoms with Crippen molar-refractivity contribution >= 4 is 23.1 Å². The number of pyridine rings is 1. The minimum Gasteiger partial charge on any atom is -0.306 e. The fourth-order valence-electron chi connectivity index (χ4n) is 1.87. The summed E-state index contributed by atoms with van der Waals surface area (Å²) in [6, 6.07) is 7.98. The molecule has 0 bridgehead atoms. The van der Waals surface area contributed by atoms with Gasteiger partial charge < -0.3 is 4.98 Å². The van der Waals surface area contributed by atoms with E-state index < -0.39 is 0 Å². The van der Waals surface area contributed by atoms with Crippen molar-refractivity contribution < 1.29 is 4.39 Å². The Bertz CT molecular complexity index is 855. The fourth-order valence-corrected chi connectivity index (χ4v) is 1.87. The molecule has 2 aromatic heterocycles. The molecule has 98 valence electrons. The smallest absolute Gasteiger partial charge is 0.259 e. The van der Waals surface area contributed by atoms with Gasteiger partial charge in [-0.2, -0.15) is 0 Å². The van der Waals surface area contributed by atoms with Gasteiger partial charge >= 0.3 is 0 Å². The summed E-state index contributed by atoms with van der Waals surface area (Å²) in [6.45, 7) is 0. The third-order valence-corrected chi connectivity index (χ3v) is 2.85. The Hall–Kier alpha value is -2.82. The molecule has 0 spiro atoms. The van der Waals surface area contributed by atoms with E-state index in [1.807, 2.05) is 0 Å². The van der Waals surface area contributed by atoms with Gasteiger partial charge in [0, 0.05) is 11.8 Å². The van der Waals surface area contributed by atoms with Crippen molar-refractivity contribution in [2.45, 2.75) is 0 Å². The Balaban J connectivity index is 2.04. The minimum absolute atomic E-state index is 0.245. The summed E-state index contributed by atoms with van der Waals surface area (Å²) in [7, 11) is 0. The van der Waals surface area contributed by atoms with Gasteiger partial charge in [-0.05, 0) is 24.3 Å². The molecule has 0 radical (unpaired) electrons. The van der Waals surface area contributed by atoms with Gasteiger partial charge in [-0.25, -0.2) is 9.37 Å². The van der Waals surface area contributed by atoms with Crippen molar-refractivity contribution in [3.05, 3.63) is 70.3 Å². The second-order valence-corrected chi connectivity index (χ2v) is 4.20. The molecule has 0 unspecified atom stereocenters. The van der Waals surface area contributed by atoms with E-state index in [9.17, 15) is 9.18 Å². The lowest BCUT2D eigenvalue weighted by molar-refractivity contribution is 0.625. The molecule has 4 nitrogen and oxygen atoms in total. The van der Waals surface area contributed by atoms with Crippen molar-refractivity contribution in [2.24, 2.45) is 0 Å². The van der Waals surface area contributed by atoms with Crippen molar-refractivity contribution in [1.82, 2.24) is 15.0 Å². The monoisotopic (exact) mass is 267 g/mol. The van der Waals surface area contributed by atoms with Crippen LogP contribution in [0.3, 0.4) is 0 Å². The molecular weight excluding hydrogens is 257 g/mol. The fraction of sp³-hybridized carbons (Fsp3) is 0. The van der Waals surface area contributed by atoms with Crippen molar-refractivity contribution in [3.8, 4) is 0 Å². The average Bonchev–Trinajstić information content (AvgIpc) is 2.46. The lowest BCUT2D eigenvalue weighted by Gasteiger charge is -1.98. The topological polar surface area (TPSA) is 58.6 Å². The molecule has 0 aliphatic carbocycles. The molecule has 3 aromatic rings. The lowest BCUT2D eigenvalue weighted by atomic mass is 10.2. The summed E-state index contributed by atoms with van der Waals surface area (Å²) in [5.74, 6) is 0.0345. The van der Waals surface area contributed by atoms with Crippen LogP contribution in [0, 0.1) is 5.82 Å². The zero-order valence-corrected chi connectivity index (χ0v) is 10.4. The maximum Gasteiger partial charge on any atom is 0.259 e. The Morgan fingerprint density at radius 3 is 2.85 bits per heavy atom. The van der Waals surface area contributed by atoms with E-state index in [1.165, 1.54) is 18.5 Å². The predicted octanol–water partition coefficient (Wildman–Crippen LogP) is 2.63. The molecule has 0 fully saturated rings. The number of aromatic nitrogens is 3. The molecule has 1 N–H and O–H groups in total. The first-order valence-corrected chi connectivity index (χ1v) is 6.01. The highest BCUT2D eigenvalue weighted by molar-refractivity contribution is 5.78. The normalized spacial score (nSPS) is 11.2. The summed E-state index contributed by atoms with van der Waals surface area (Å²) in [5.41, 5.74) is 0.691. The van der Waals surface area contributed by atoms with Gasteiger partial charge in [0.25, 0.3) is 5.56 Å². The van der Waals surface area contributed by atoms with Crippen LogP contribution in [0.1, 0.15) is 11.4 Å². The van der Waals surface area contributed by atoms with Crippen LogP contribution in [-0.4, -0.2) is 15.0 Å². The van der Waals surface area contributed by atoms with Crippen molar-refractivity contribution in [1.29, 1.82) is 0 Å². The van der Waals surface area contributed by atoms with Gasteiger partial charge in [-0.1, -0.05) is 18.2 Å². The Labute approximate surface area is 113 Å². The molecule has 1 aromatic carbocycles. The molecule has 2 heterocycles. The Morgan fingerprint density at radius 1 is 1.15 bits per heavy atom. The van der Waals surface area contributed by atoms with Crippen LogP contribution in [0.15, 0.2) is 47.5 Å². The first-order chi connectivity index (χ1) is 9.74. The zero-order chi connectivity index (χ0) is 13.9. The largest absolute Gasteiger partial charge is 0.306 e. The number of nitrogens with one attached hydrogen (secondary N) is 1. The molecule has 0 aliphatic heterocycles. The van der Waals surface area contributed by atoms with Crippen molar-refractivity contribution in [3.63, 3.8) is 0 Å². The third-order valence-electron chi connectivity index (χ3n) is 2.85. The van der Waals surface area contributed by atoms with E-state index in [1.54, 1.807) is 36.4 Å². The zero-order valence-electron chi connectivity index (χ0n) is 10.4. The highest BCUT2D eigenvalue weighted by atomic mass is 19.1.